The molecule has 2 rings (SSSR count). The van der Waals surface area contributed by atoms with E-state index in [1.54, 1.807) is 43.3 Å². The number of aromatic carboxylic acids is 1. The number of benzene rings is 2. The minimum absolute atomic E-state index is 0.142. The highest BCUT2D eigenvalue weighted by atomic mass is 16.5. The molecule has 0 aliphatic carbocycles. The number of ether oxygens (including phenoxy) is 1. The second-order valence-electron chi connectivity index (χ2n) is 4.54. The fraction of sp³-hybridized carbons (Fsp3) is 0.125. The van der Waals surface area contributed by atoms with E-state index in [-0.39, 0.29) is 12.2 Å². The molecule has 5 heteroatoms. The van der Waals surface area contributed by atoms with Crippen molar-refractivity contribution in [2.45, 2.75) is 13.5 Å². The Kier molecular flexibility index (Phi) is 4.23. The minimum atomic E-state index is -1.00. The van der Waals surface area contributed by atoms with Crippen molar-refractivity contribution in [1.82, 2.24) is 0 Å². The number of carboxylic acids is 1. The molecule has 0 aliphatic heterocycles. The van der Waals surface area contributed by atoms with Crippen LogP contribution in [0, 0.1) is 6.92 Å². The van der Waals surface area contributed by atoms with Crippen LogP contribution in [-0.2, 0) is 6.61 Å². The standard InChI is InChI=1S/C16H15NO4/c1-10-12(16(19)20)7-4-8-14(10)21-9-11-5-2-3-6-13(11)15(17)18/h2-8H,9H2,1H3,(H2,17,18)(H,19,20). The second-order valence-corrected chi connectivity index (χ2v) is 4.54. The van der Waals surface area contributed by atoms with Gasteiger partial charge in [0.2, 0.25) is 5.91 Å². The number of rotatable bonds is 5. The first-order valence-electron chi connectivity index (χ1n) is 6.34. The number of primary amides is 1. The Labute approximate surface area is 122 Å². The van der Waals surface area contributed by atoms with Crippen LogP contribution in [0.3, 0.4) is 0 Å². The van der Waals surface area contributed by atoms with E-state index in [2.05, 4.69) is 0 Å². The number of nitrogens with two attached hydrogens (primary N) is 1. The molecule has 0 aromatic heterocycles. The molecule has 0 heterocycles. The Morgan fingerprint density at radius 2 is 1.76 bits per heavy atom. The predicted molar refractivity (Wildman–Crippen MR) is 77.4 cm³/mol. The number of carbonyl (C=O) groups is 2. The zero-order valence-corrected chi connectivity index (χ0v) is 11.5. The first-order chi connectivity index (χ1) is 10.0. The summed E-state index contributed by atoms with van der Waals surface area (Å²) in [6.07, 6.45) is 0. The maximum absolute atomic E-state index is 11.3. The monoisotopic (exact) mass is 285 g/mol. The van der Waals surface area contributed by atoms with Crippen LogP contribution in [0.15, 0.2) is 42.5 Å². The van der Waals surface area contributed by atoms with Gasteiger partial charge in [-0.2, -0.15) is 0 Å². The highest BCUT2D eigenvalue weighted by molar-refractivity contribution is 5.94. The van der Waals surface area contributed by atoms with Crippen molar-refractivity contribution < 1.29 is 19.4 Å². The number of hydrogen-bond acceptors (Lipinski definition) is 3. The lowest BCUT2D eigenvalue weighted by atomic mass is 10.1. The van der Waals surface area contributed by atoms with Crippen molar-refractivity contribution in [2.24, 2.45) is 5.73 Å². The van der Waals surface area contributed by atoms with Crippen LogP contribution < -0.4 is 10.5 Å². The average Bonchev–Trinajstić information content (AvgIpc) is 2.46. The zero-order chi connectivity index (χ0) is 15.4. The van der Waals surface area contributed by atoms with Crippen molar-refractivity contribution >= 4 is 11.9 Å². The minimum Gasteiger partial charge on any atom is -0.489 e. The molecule has 1 amide bonds. The largest absolute Gasteiger partial charge is 0.489 e. The van der Waals surface area contributed by atoms with Crippen molar-refractivity contribution in [3.8, 4) is 5.75 Å². The summed E-state index contributed by atoms with van der Waals surface area (Å²) >= 11 is 0. The van der Waals surface area contributed by atoms with E-state index in [9.17, 15) is 9.59 Å². The molecule has 0 saturated heterocycles. The van der Waals surface area contributed by atoms with Gasteiger partial charge in [0.05, 0.1) is 5.56 Å². The lowest BCUT2D eigenvalue weighted by Gasteiger charge is -2.12. The van der Waals surface area contributed by atoms with Gasteiger partial charge >= 0.3 is 5.97 Å². The van der Waals surface area contributed by atoms with Crippen LogP contribution in [0.2, 0.25) is 0 Å². The van der Waals surface area contributed by atoms with E-state index in [0.717, 1.165) is 0 Å². The molecule has 21 heavy (non-hydrogen) atoms. The van der Waals surface area contributed by atoms with Crippen molar-refractivity contribution in [3.05, 3.63) is 64.7 Å². The molecule has 3 N–H and O–H groups in total. The SMILES string of the molecule is Cc1c(OCc2ccccc2C(N)=O)cccc1C(=O)O. The average molecular weight is 285 g/mol. The van der Waals surface area contributed by atoms with Gasteiger partial charge in [-0.3, -0.25) is 4.79 Å². The third-order valence-corrected chi connectivity index (χ3v) is 3.18. The van der Waals surface area contributed by atoms with Gasteiger partial charge in [0.15, 0.2) is 0 Å². The third kappa shape index (κ3) is 3.20. The van der Waals surface area contributed by atoms with Crippen molar-refractivity contribution in [1.29, 1.82) is 0 Å². The van der Waals surface area contributed by atoms with E-state index in [0.29, 0.717) is 22.4 Å². The molecule has 0 saturated carbocycles. The number of amides is 1. The van der Waals surface area contributed by atoms with Gasteiger partial charge < -0.3 is 15.6 Å². The van der Waals surface area contributed by atoms with E-state index in [4.69, 9.17) is 15.6 Å². The van der Waals surface area contributed by atoms with Gasteiger partial charge in [-0.1, -0.05) is 24.3 Å². The van der Waals surface area contributed by atoms with Crippen molar-refractivity contribution in [2.75, 3.05) is 0 Å². The number of carboxylic acid groups (broad SMARTS) is 1. The molecule has 0 bridgehead atoms. The molecule has 0 fully saturated rings. The molecule has 0 unspecified atom stereocenters. The van der Waals surface area contributed by atoms with Crippen LogP contribution in [0.5, 0.6) is 5.75 Å². The Bertz CT molecular complexity index is 694. The quantitative estimate of drug-likeness (QED) is 0.882. The molecule has 5 nitrogen and oxygen atoms in total. The van der Waals surface area contributed by atoms with Crippen LogP contribution in [-0.4, -0.2) is 17.0 Å². The summed E-state index contributed by atoms with van der Waals surface area (Å²) < 4.78 is 5.63. The Hall–Kier alpha value is -2.82. The van der Waals surface area contributed by atoms with Crippen molar-refractivity contribution in [3.63, 3.8) is 0 Å². The molecular weight excluding hydrogens is 270 g/mol. The summed E-state index contributed by atoms with van der Waals surface area (Å²) in [4.78, 5) is 22.4. The van der Waals surface area contributed by atoms with Gasteiger partial charge in [-0.05, 0) is 25.1 Å². The summed E-state index contributed by atoms with van der Waals surface area (Å²) in [6, 6.07) is 11.7. The highest BCUT2D eigenvalue weighted by Gasteiger charge is 2.12. The van der Waals surface area contributed by atoms with Crippen LogP contribution in [0.25, 0.3) is 0 Å². The maximum Gasteiger partial charge on any atom is 0.336 e. The van der Waals surface area contributed by atoms with Crippen LogP contribution >= 0.6 is 0 Å². The van der Waals surface area contributed by atoms with Gasteiger partial charge in [-0.25, -0.2) is 4.79 Å². The van der Waals surface area contributed by atoms with E-state index in [1.807, 2.05) is 0 Å². The summed E-state index contributed by atoms with van der Waals surface area (Å²) in [6.45, 7) is 1.82. The molecule has 0 atom stereocenters. The number of hydrogen-bond donors (Lipinski definition) is 2. The summed E-state index contributed by atoms with van der Waals surface area (Å²) in [7, 11) is 0. The summed E-state index contributed by atoms with van der Waals surface area (Å²) in [5, 5.41) is 9.08. The highest BCUT2D eigenvalue weighted by Crippen LogP contribution is 2.23. The maximum atomic E-state index is 11.3. The number of carbonyl (C=O) groups excluding carboxylic acids is 1. The molecule has 0 aliphatic rings. The predicted octanol–water partition coefficient (Wildman–Crippen LogP) is 2.37. The third-order valence-electron chi connectivity index (χ3n) is 3.18. The Morgan fingerprint density at radius 1 is 1.10 bits per heavy atom. The summed E-state index contributed by atoms with van der Waals surface area (Å²) in [5.41, 5.74) is 7.09. The van der Waals surface area contributed by atoms with Gasteiger partial charge in [-0.15, -0.1) is 0 Å². The van der Waals surface area contributed by atoms with Gasteiger partial charge in [0, 0.05) is 16.7 Å². The molecule has 0 spiro atoms. The first-order valence-corrected chi connectivity index (χ1v) is 6.34. The normalized spacial score (nSPS) is 10.1. The molecular formula is C16H15NO4. The van der Waals surface area contributed by atoms with E-state index < -0.39 is 11.9 Å². The fourth-order valence-electron chi connectivity index (χ4n) is 2.04. The van der Waals surface area contributed by atoms with Gasteiger partial charge in [0.1, 0.15) is 12.4 Å². The molecule has 2 aromatic carbocycles. The van der Waals surface area contributed by atoms with E-state index in [1.165, 1.54) is 6.07 Å². The second kappa shape index (κ2) is 6.09. The molecule has 2 aromatic rings. The fourth-order valence-corrected chi connectivity index (χ4v) is 2.04. The lowest BCUT2D eigenvalue weighted by molar-refractivity contribution is 0.0695. The zero-order valence-electron chi connectivity index (χ0n) is 11.5. The lowest BCUT2D eigenvalue weighted by Crippen LogP contribution is -2.14. The van der Waals surface area contributed by atoms with Gasteiger partial charge in [0.25, 0.3) is 0 Å². The Morgan fingerprint density at radius 3 is 2.43 bits per heavy atom. The van der Waals surface area contributed by atoms with Crippen LogP contribution in [0.1, 0.15) is 31.8 Å². The van der Waals surface area contributed by atoms with E-state index >= 15 is 0 Å². The first kappa shape index (κ1) is 14.6. The molecule has 108 valence electrons. The smallest absolute Gasteiger partial charge is 0.336 e. The summed E-state index contributed by atoms with van der Waals surface area (Å²) in [5.74, 6) is -1.06. The van der Waals surface area contributed by atoms with Crippen LogP contribution in [0.4, 0.5) is 0 Å². The topological polar surface area (TPSA) is 89.6 Å². The molecule has 0 radical (unpaired) electrons. The Balaban J connectivity index is 2.23.